The van der Waals surface area contributed by atoms with Crippen LogP contribution in [0.3, 0.4) is 0 Å². The Kier molecular flexibility index (Phi) is 5.37. The second-order valence-corrected chi connectivity index (χ2v) is 8.79. The van der Waals surface area contributed by atoms with E-state index in [4.69, 9.17) is 4.52 Å². The van der Waals surface area contributed by atoms with Gasteiger partial charge in [0.25, 0.3) is 0 Å². The van der Waals surface area contributed by atoms with E-state index in [1.165, 1.54) is 0 Å². The number of urea groups is 1. The van der Waals surface area contributed by atoms with E-state index >= 15 is 0 Å². The molecule has 0 aromatic carbocycles. The Morgan fingerprint density at radius 3 is 3.00 bits per heavy atom. The molecule has 1 unspecified atom stereocenters. The molecule has 1 aliphatic heterocycles. The van der Waals surface area contributed by atoms with Gasteiger partial charge in [-0.2, -0.15) is 10.1 Å². The molecule has 2 aromatic rings. The summed E-state index contributed by atoms with van der Waals surface area (Å²) in [5.41, 5.74) is 0.162. The average molecular weight is 387 g/mol. The zero-order chi connectivity index (χ0) is 19.6. The molecule has 28 heavy (non-hydrogen) atoms. The maximum Gasteiger partial charge on any atom is 0.317 e. The molecule has 1 saturated carbocycles. The van der Waals surface area contributed by atoms with Crippen LogP contribution < -0.4 is 5.32 Å². The number of likely N-dealkylation sites (tertiary alicyclic amines) is 1. The zero-order valence-corrected chi connectivity index (χ0v) is 16.8. The Morgan fingerprint density at radius 2 is 2.29 bits per heavy atom. The maximum atomic E-state index is 12.7. The van der Waals surface area contributed by atoms with Crippen LogP contribution in [0.2, 0.25) is 0 Å². The molecule has 152 valence electrons. The summed E-state index contributed by atoms with van der Waals surface area (Å²) in [6.45, 7) is 7.27. The SMILES string of the molecule is CC(C)Cc1noc(C2CCCN(C(=O)NCC3(Cn4cccn4)CC3)C2)n1. The summed E-state index contributed by atoms with van der Waals surface area (Å²) < 4.78 is 7.45. The summed E-state index contributed by atoms with van der Waals surface area (Å²) in [5, 5.41) is 11.5. The molecule has 1 atom stereocenters. The smallest absolute Gasteiger partial charge is 0.317 e. The number of hydrogen-bond donors (Lipinski definition) is 1. The fraction of sp³-hybridized carbons (Fsp3) is 0.700. The van der Waals surface area contributed by atoms with Crippen molar-refractivity contribution in [2.45, 2.75) is 58.4 Å². The normalized spacial score (nSPS) is 21.1. The van der Waals surface area contributed by atoms with Crippen LogP contribution in [-0.4, -0.2) is 50.5 Å². The highest BCUT2D eigenvalue weighted by Crippen LogP contribution is 2.46. The van der Waals surface area contributed by atoms with Crippen molar-refractivity contribution in [2.24, 2.45) is 11.3 Å². The Labute approximate surface area is 165 Å². The third kappa shape index (κ3) is 4.54. The largest absolute Gasteiger partial charge is 0.339 e. The van der Waals surface area contributed by atoms with Gasteiger partial charge in [0.05, 0.1) is 5.92 Å². The van der Waals surface area contributed by atoms with E-state index in [0.29, 0.717) is 24.9 Å². The van der Waals surface area contributed by atoms with Crippen LogP contribution in [0.1, 0.15) is 57.2 Å². The number of rotatable bonds is 7. The minimum Gasteiger partial charge on any atom is -0.339 e. The van der Waals surface area contributed by atoms with Crippen LogP contribution in [-0.2, 0) is 13.0 Å². The second kappa shape index (κ2) is 7.93. The average Bonchev–Trinajstić information content (AvgIpc) is 3.06. The standard InChI is InChI=1S/C20H30N6O2/c1-15(2)11-17-23-18(28-24-17)16-5-3-9-25(12-16)19(27)21-13-20(6-7-20)14-26-10-4-8-22-26/h4,8,10,15-16H,3,5-7,9,11-14H2,1-2H3,(H,21,27). The molecule has 8 heteroatoms. The van der Waals surface area contributed by atoms with Crippen LogP contribution in [0.5, 0.6) is 0 Å². The molecule has 1 saturated heterocycles. The Bertz CT molecular complexity index is 780. The molecule has 4 rings (SSSR count). The number of amides is 2. The van der Waals surface area contributed by atoms with Gasteiger partial charge in [-0.1, -0.05) is 19.0 Å². The van der Waals surface area contributed by atoms with Gasteiger partial charge < -0.3 is 14.7 Å². The fourth-order valence-corrected chi connectivity index (χ4v) is 3.92. The predicted molar refractivity (Wildman–Crippen MR) is 104 cm³/mol. The molecular formula is C20H30N6O2. The van der Waals surface area contributed by atoms with Gasteiger partial charge in [-0.3, -0.25) is 4.68 Å². The first-order valence-corrected chi connectivity index (χ1v) is 10.4. The van der Waals surface area contributed by atoms with Crippen molar-refractivity contribution in [3.8, 4) is 0 Å². The van der Waals surface area contributed by atoms with Crippen LogP contribution >= 0.6 is 0 Å². The topological polar surface area (TPSA) is 89.1 Å². The summed E-state index contributed by atoms with van der Waals surface area (Å²) in [7, 11) is 0. The van der Waals surface area contributed by atoms with Gasteiger partial charge >= 0.3 is 6.03 Å². The lowest BCUT2D eigenvalue weighted by molar-refractivity contribution is 0.169. The van der Waals surface area contributed by atoms with Gasteiger partial charge in [0, 0.05) is 50.4 Å². The molecule has 2 aromatic heterocycles. The van der Waals surface area contributed by atoms with E-state index in [0.717, 1.165) is 51.0 Å². The Balaban J connectivity index is 1.29. The van der Waals surface area contributed by atoms with Gasteiger partial charge in [0.1, 0.15) is 0 Å². The van der Waals surface area contributed by atoms with Gasteiger partial charge in [0.15, 0.2) is 5.82 Å². The van der Waals surface area contributed by atoms with Crippen molar-refractivity contribution in [1.82, 2.24) is 30.1 Å². The molecule has 0 bridgehead atoms. The Hall–Kier alpha value is -2.38. The highest BCUT2D eigenvalue weighted by molar-refractivity contribution is 5.74. The van der Waals surface area contributed by atoms with Crippen molar-refractivity contribution < 1.29 is 9.32 Å². The van der Waals surface area contributed by atoms with E-state index in [1.807, 2.05) is 21.8 Å². The third-order valence-corrected chi connectivity index (χ3v) is 5.76. The molecule has 1 aliphatic carbocycles. The number of nitrogens with zero attached hydrogens (tertiary/aromatic N) is 5. The van der Waals surface area contributed by atoms with Crippen molar-refractivity contribution in [1.29, 1.82) is 0 Å². The minimum absolute atomic E-state index is 0.0124. The molecule has 1 N–H and O–H groups in total. The van der Waals surface area contributed by atoms with Gasteiger partial charge in [-0.15, -0.1) is 0 Å². The predicted octanol–water partition coefficient (Wildman–Crippen LogP) is 2.83. The third-order valence-electron chi connectivity index (χ3n) is 5.76. The van der Waals surface area contributed by atoms with E-state index in [-0.39, 0.29) is 17.4 Å². The zero-order valence-electron chi connectivity index (χ0n) is 16.8. The van der Waals surface area contributed by atoms with E-state index in [9.17, 15) is 4.79 Å². The molecule has 8 nitrogen and oxygen atoms in total. The Morgan fingerprint density at radius 1 is 1.43 bits per heavy atom. The summed E-state index contributed by atoms with van der Waals surface area (Å²) in [6.07, 6.45) is 8.81. The fourth-order valence-electron chi connectivity index (χ4n) is 3.92. The van der Waals surface area contributed by atoms with Crippen molar-refractivity contribution in [2.75, 3.05) is 19.6 Å². The molecule has 0 radical (unpaired) electrons. The number of piperidine rings is 1. The molecule has 3 heterocycles. The summed E-state index contributed by atoms with van der Waals surface area (Å²) in [4.78, 5) is 19.2. The lowest BCUT2D eigenvalue weighted by Crippen LogP contribution is -2.46. The van der Waals surface area contributed by atoms with Gasteiger partial charge in [0.2, 0.25) is 5.89 Å². The van der Waals surface area contributed by atoms with E-state index in [2.05, 4.69) is 34.4 Å². The van der Waals surface area contributed by atoms with Crippen LogP contribution in [0, 0.1) is 11.3 Å². The molecular weight excluding hydrogens is 356 g/mol. The lowest BCUT2D eigenvalue weighted by Gasteiger charge is -2.31. The van der Waals surface area contributed by atoms with Crippen LogP contribution in [0.25, 0.3) is 0 Å². The van der Waals surface area contributed by atoms with Crippen molar-refractivity contribution in [3.63, 3.8) is 0 Å². The summed E-state index contributed by atoms with van der Waals surface area (Å²) in [5.74, 6) is 2.06. The second-order valence-electron chi connectivity index (χ2n) is 8.79. The quantitative estimate of drug-likeness (QED) is 0.790. The first-order valence-electron chi connectivity index (χ1n) is 10.4. The highest BCUT2D eigenvalue weighted by atomic mass is 16.5. The number of hydrogen-bond acceptors (Lipinski definition) is 5. The number of nitrogens with one attached hydrogen (secondary N) is 1. The van der Waals surface area contributed by atoms with E-state index in [1.54, 1.807) is 6.20 Å². The summed E-state index contributed by atoms with van der Waals surface area (Å²) >= 11 is 0. The first-order chi connectivity index (χ1) is 13.5. The highest BCUT2D eigenvalue weighted by Gasteiger charge is 2.43. The summed E-state index contributed by atoms with van der Waals surface area (Å²) in [6, 6.07) is 1.95. The minimum atomic E-state index is 0.0124. The first kappa shape index (κ1) is 19.0. The molecule has 2 fully saturated rings. The molecule has 2 aliphatic rings. The maximum absolute atomic E-state index is 12.7. The lowest BCUT2D eigenvalue weighted by atomic mass is 9.98. The number of aromatic nitrogens is 4. The molecule has 2 amide bonds. The van der Waals surface area contributed by atoms with Crippen molar-refractivity contribution >= 4 is 6.03 Å². The molecule has 0 spiro atoms. The van der Waals surface area contributed by atoms with Gasteiger partial charge in [-0.05, 0) is 37.7 Å². The number of carbonyl (C=O) groups excluding carboxylic acids is 1. The van der Waals surface area contributed by atoms with Crippen molar-refractivity contribution in [3.05, 3.63) is 30.2 Å². The van der Waals surface area contributed by atoms with E-state index < -0.39 is 0 Å². The van der Waals surface area contributed by atoms with Crippen LogP contribution in [0.15, 0.2) is 23.0 Å². The number of carbonyl (C=O) groups is 1. The monoisotopic (exact) mass is 386 g/mol. The van der Waals surface area contributed by atoms with Crippen LogP contribution in [0.4, 0.5) is 4.79 Å². The van der Waals surface area contributed by atoms with Gasteiger partial charge in [-0.25, -0.2) is 4.79 Å².